The van der Waals surface area contributed by atoms with Crippen molar-refractivity contribution in [2.45, 2.75) is 25.1 Å². The zero-order valence-corrected chi connectivity index (χ0v) is 16.9. The molecule has 1 amide bonds. The van der Waals surface area contributed by atoms with E-state index in [-0.39, 0.29) is 29.3 Å². The van der Waals surface area contributed by atoms with Gasteiger partial charge in [-0.15, -0.1) is 0 Å². The maximum Gasteiger partial charge on any atom is 0.416 e. The minimum atomic E-state index is -4.37. The smallest absolute Gasteiger partial charge is 0.416 e. The van der Waals surface area contributed by atoms with E-state index < -0.39 is 11.7 Å². The molecule has 31 heavy (non-hydrogen) atoms. The van der Waals surface area contributed by atoms with Crippen LogP contribution in [-0.4, -0.2) is 35.9 Å². The molecular weight excluding hydrogens is 411 g/mol. The Morgan fingerprint density at radius 2 is 2.00 bits per heavy atom. The van der Waals surface area contributed by atoms with Gasteiger partial charge in [-0.2, -0.15) is 13.2 Å². The van der Waals surface area contributed by atoms with Crippen LogP contribution in [0.1, 0.15) is 40.5 Å². The number of likely N-dealkylation sites (tertiary alicyclic amines) is 1. The van der Waals surface area contributed by atoms with Crippen LogP contribution in [0, 0.1) is 5.92 Å². The Bertz CT molecular complexity index is 1010. The quantitative estimate of drug-likeness (QED) is 0.628. The molecule has 1 aromatic carbocycles. The number of aromatic nitrogens is 1. The number of rotatable bonds is 5. The minimum absolute atomic E-state index is 0.0402. The van der Waals surface area contributed by atoms with Crippen LogP contribution < -0.4 is 5.32 Å². The van der Waals surface area contributed by atoms with Crippen molar-refractivity contribution in [3.63, 3.8) is 0 Å². The maximum atomic E-state index is 12.9. The number of amides is 1. The maximum absolute atomic E-state index is 12.9. The summed E-state index contributed by atoms with van der Waals surface area (Å²) in [5.41, 5.74) is 0.258. The molecule has 1 saturated heterocycles. The molecule has 1 N–H and O–H groups in total. The van der Waals surface area contributed by atoms with Crippen molar-refractivity contribution >= 4 is 5.91 Å². The fraction of sp³-hybridized carbons (Fsp3) is 0.364. The number of hydrogen-bond donors (Lipinski definition) is 1. The Morgan fingerprint density at radius 1 is 1.23 bits per heavy atom. The Balaban J connectivity index is 1.48. The van der Waals surface area contributed by atoms with Crippen LogP contribution in [0.2, 0.25) is 0 Å². The summed E-state index contributed by atoms with van der Waals surface area (Å²) in [6, 6.07) is 8.53. The lowest BCUT2D eigenvalue weighted by atomic mass is 9.84. The van der Waals surface area contributed by atoms with E-state index in [1.807, 2.05) is 7.05 Å². The molecule has 4 rings (SSSR count). The Morgan fingerprint density at radius 3 is 2.68 bits per heavy atom. The first-order valence-electron chi connectivity index (χ1n) is 9.97. The number of carbonyl (C=O) groups is 1. The Kier molecular flexibility index (Phi) is 5.86. The number of nitrogens with zero attached hydrogens (tertiary/aromatic N) is 2. The van der Waals surface area contributed by atoms with Crippen LogP contribution in [-0.2, 0) is 6.18 Å². The van der Waals surface area contributed by atoms with Crippen LogP contribution in [0.5, 0.6) is 0 Å². The number of halogens is 3. The third-order valence-electron chi connectivity index (χ3n) is 5.64. The van der Waals surface area contributed by atoms with Gasteiger partial charge in [0.25, 0.3) is 5.91 Å². The number of carbonyl (C=O) groups excluding carboxylic acids is 1. The van der Waals surface area contributed by atoms with E-state index in [9.17, 15) is 18.0 Å². The largest absolute Gasteiger partial charge is 0.461 e. The Hall–Kier alpha value is -3.07. The van der Waals surface area contributed by atoms with Gasteiger partial charge in [-0.05, 0) is 62.2 Å². The van der Waals surface area contributed by atoms with Crippen molar-refractivity contribution in [3.05, 3.63) is 65.9 Å². The number of oxazole rings is 1. The van der Waals surface area contributed by atoms with Gasteiger partial charge in [-0.25, -0.2) is 4.98 Å². The second-order valence-corrected chi connectivity index (χ2v) is 7.66. The zero-order valence-electron chi connectivity index (χ0n) is 16.9. The van der Waals surface area contributed by atoms with Gasteiger partial charge in [0, 0.05) is 12.6 Å². The van der Waals surface area contributed by atoms with Crippen LogP contribution in [0.25, 0.3) is 11.5 Å². The fourth-order valence-electron chi connectivity index (χ4n) is 4.17. The molecule has 0 aliphatic carbocycles. The molecule has 0 radical (unpaired) electrons. The van der Waals surface area contributed by atoms with Crippen molar-refractivity contribution in [1.82, 2.24) is 15.2 Å². The van der Waals surface area contributed by atoms with Gasteiger partial charge < -0.3 is 14.2 Å². The molecule has 6 nitrogen and oxygen atoms in total. The highest BCUT2D eigenvalue weighted by molar-refractivity contribution is 5.97. The summed E-state index contributed by atoms with van der Waals surface area (Å²) in [5.74, 6) is 0.308. The normalized spacial score (nSPS) is 20.0. The predicted molar refractivity (Wildman–Crippen MR) is 106 cm³/mol. The molecule has 3 heterocycles. The molecule has 9 heteroatoms. The molecule has 2 unspecified atom stereocenters. The van der Waals surface area contributed by atoms with Gasteiger partial charge in [-0.1, -0.05) is 12.1 Å². The molecule has 164 valence electrons. The molecule has 1 aliphatic heterocycles. The van der Waals surface area contributed by atoms with Crippen molar-refractivity contribution in [1.29, 1.82) is 0 Å². The van der Waals surface area contributed by atoms with Gasteiger partial charge in [0.05, 0.1) is 11.8 Å². The van der Waals surface area contributed by atoms with Crippen LogP contribution in [0.4, 0.5) is 13.2 Å². The Labute approximate surface area is 177 Å². The second-order valence-electron chi connectivity index (χ2n) is 7.66. The highest BCUT2D eigenvalue weighted by atomic mass is 19.4. The number of alkyl halides is 3. The van der Waals surface area contributed by atoms with Gasteiger partial charge >= 0.3 is 6.18 Å². The average Bonchev–Trinajstić information content (AvgIpc) is 3.43. The van der Waals surface area contributed by atoms with E-state index in [0.717, 1.165) is 37.1 Å². The van der Waals surface area contributed by atoms with Crippen LogP contribution in [0.3, 0.4) is 0 Å². The molecule has 3 aromatic rings. The predicted octanol–water partition coefficient (Wildman–Crippen LogP) is 4.77. The highest BCUT2D eigenvalue weighted by Gasteiger charge is 2.33. The third-order valence-corrected chi connectivity index (χ3v) is 5.64. The number of nitrogens with one attached hydrogen (secondary N) is 1. The van der Waals surface area contributed by atoms with E-state index in [4.69, 9.17) is 8.83 Å². The first-order valence-corrected chi connectivity index (χ1v) is 9.97. The lowest BCUT2D eigenvalue weighted by Crippen LogP contribution is -2.41. The third kappa shape index (κ3) is 4.51. The van der Waals surface area contributed by atoms with Gasteiger partial charge in [-0.3, -0.25) is 9.69 Å². The SMILES string of the molecule is CN1CCCC(CNC(=O)c2ncoc2-c2ccco2)C1c1ccc(C(F)(F)F)cc1. The van der Waals surface area contributed by atoms with E-state index in [2.05, 4.69) is 15.2 Å². The molecule has 1 aliphatic rings. The average molecular weight is 433 g/mol. The van der Waals surface area contributed by atoms with Gasteiger partial charge in [0.2, 0.25) is 5.76 Å². The summed E-state index contributed by atoms with van der Waals surface area (Å²) in [6.07, 6.45) is 0.0851. The summed E-state index contributed by atoms with van der Waals surface area (Å²) in [7, 11) is 1.95. The number of benzene rings is 1. The van der Waals surface area contributed by atoms with Crippen LogP contribution in [0.15, 0.2) is 57.9 Å². The monoisotopic (exact) mass is 433 g/mol. The van der Waals surface area contributed by atoms with Gasteiger partial charge in [0.1, 0.15) is 0 Å². The lowest BCUT2D eigenvalue weighted by Gasteiger charge is -2.39. The molecule has 2 aromatic heterocycles. The molecule has 1 fully saturated rings. The molecule has 0 spiro atoms. The van der Waals surface area contributed by atoms with E-state index in [1.54, 1.807) is 12.1 Å². The second kappa shape index (κ2) is 8.58. The summed E-state index contributed by atoms with van der Waals surface area (Å²) in [6.45, 7) is 1.20. The van der Waals surface area contributed by atoms with Crippen molar-refractivity contribution in [2.75, 3.05) is 20.1 Å². The number of piperidine rings is 1. The topological polar surface area (TPSA) is 71.5 Å². The van der Waals surface area contributed by atoms with Crippen LogP contribution >= 0.6 is 0 Å². The van der Waals surface area contributed by atoms with E-state index in [0.29, 0.717) is 12.3 Å². The van der Waals surface area contributed by atoms with Crippen molar-refractivity contribution in [3.8, 4) is 11.5 Å². The number of hydrogen-bond acceptors (Lipinski definition) is 5. The zero-order chi connectivity index (χ0) is 22.0. The number of furan rings is 1. The summed E-state index contributed by atoms with van der Waals surface area (Å²) >= 11 is 0. The minimum Gasteiger partial charge on any atom is -0.461 e. The first-order chi connectivity index (χ1) is 14.8. The van der Waals surface area contributed by atoms with E-state index in [1.165, 1.54) is 24.8 Å². The highest BCUT2D eigenvalue weighted by Crippen LogP contribution is 2.36. The summed E-state index contributed by atoms with van der Waals surface area (Å²) in [4.78, 5) is 18.9. The van der Waals surface area contributed by atoms with E-state index >= 15 is 0 Å². The first kappa shape index (κ1) is 21.2. The molecule has 0 bridgehead atoms. The van der Waals surface area contributed by atoms with Crippen molar-refractivity contribution in [2.24, 2.45) is 5.92 Å². The molecule has 2 atom stereocenters. The molecular formula is C22H22F3N3O3. The molecule has 0 saturated carbocycles. The fourth-order valence-corrected chi connectivity index (χ4v) is 4.17. The summed E-state index contributed by atoms with van der Waals surface area (Å²) in [5, 5.41) is 2.90. The standard InChI is InChI=1S/C22H22F3N3O3/c1-28-10-2-4-15(19(28)14-6-8-16(9-7-14)22(23,24)25)12-26-21(29)18-20(31-13-27-18)17-5-3-11-30-17/h3,5-9,11,13,15,19H,2,4,10,12H2,1H3,(H,26,29). The summed E-state index contributed by atoms with van der Waals surface area (Å²) < 4.78 is 49.3. The van der Waals surface area contributed by atoms with Gasteiger partial charge in [0.15, 0.2) is 17.8 Å². The van der Waals surface area contributed by atoms with Crippen molar-refractivity contribution < 1.29 is 26.8 Å². The lowest BCUT2D eigenvalue weighted by molar-refractivity contribution is -0.137.